The van der Waals surface area contributed by atoms with E-state index in [2.05, 4.69) is 35.4 Å². The van der Waals surface area contributed by atoms with Crippen LogP contribution < -0.4 is 20.3 Å². The highest BCUT2D eigenvalue weighted by molar-refractivity contribution is 5.90. The number of carbonyl (C=O) groups is 1. The molecule has 0 saturated carbocycles. The number of urea groups is 1. The summed E-state index contributed by atoms with van der Waals surface area (Å²) in [5.74, 6) is -0.238. The molecule has 0 aliphatic rings. The van der Waals surface area contributed by atoms with Crippen LogP contribution in [0.2, 0.25) is 0 Å². The Kier molecular flexibility index (Phi) is 7.26. The maximum Gasteiger partial charge on any atom is 0.319 e. The molecule has 2 N–H and O–H groups in total. The van der Waals surface area contributed by atoms with Crippen LogP contribution >= 0.6 is 0 Å². The van der Waals surface area contributed by atoms with Gasteiger partial charge in [-0.2, -0.15) is 0 Å². The molecule has 0 aromatic heterocycles. The summed E-state index contributed by atoms with van der Waals surface area (Å²) in [6.07, 6.45) is 0. The van der Waals surface area contributed by atoms with Crippen LogP contribution in [0, 0.1) is 12.7 Å². The summed E-state index contributed by atoms with van der Waals surface area (Å²) in [7, 11) is 0. The van der Waals surface area contributed by atoms with E-state index in [1.807, 2.05) is 19.1 Å². The van der Waals surface area contributed by atoms with Crippen LogP contribution in [0.5, 0.6) is 5.75 Å². The quantitative estimate of drug-likeness (QED) is 0.695. The number of hydrogen-bond acceptors (Lipinski definition) is 3. The first-order valence-electron chi connectivity index (χ1n) is 8.83. The average molecular weight is 359 g/mol. The molecule has 2 rings (SSSR count). The molecule has 2 amide bonds. The number of anilines is 2. The topological polar surface area (TPSA) is 53.6 Å². The number of nitrogens with one attached hydrogen (secondary N) is 2. The average Bonchev–Trinajstić information content (AvgIpc) is 2.63. The summed E-state index contributed by atoms with van der Waals surface area (Å²) < 4.78 is 18.7. The first-order valence-corrected chi connectivity index (χ1v) is 8.83. The molecule has 5 nitrogen and oxygen atoms in total. The lowest BCUT2D eigenvalue weighted by Gasteiger charge is -2.22. The second-order valence-corrected chi connectivity index (χ2v) is 5.83. The van der Waals surface area contributed by atoms with Gasteiger partial charge in [0.25, 0.3) is 0 Å². The van der Waals surface area contributed by atoms with Gasteiger partial charge in [-0.3, -0.25) is 0 Å². The molecule has 0 saturated heterocycles. The van der Waals surface area contributed by atoms with Crippen LogP contribution in [-0.4, -0.2) is 32.3 Å². The molecule has 0 atom stereocenters. The molecule has 0 fully saturated rings. The molecule has 140 valence electrons. The number of halogens is 1. The number of nitrogens with zero attached hydrogens (tertiary/aromatic N) is 1. The fourth-order valence-electron chi connectivity index (χ4n) is 2.63. The molecular formula is C20H26FN3O2. The van der Waals surface area contributed by atoms with Crippen molar-refractivity contribution >= 4 is 17.4 Å². The van der Waals surface area contributed by atoms with Crippen LogP contribution in [0.4, 0.5) is 20.6 Å². The maximum absolute atomic E-state index is 13.4. The lowest BCUT2D eigenvalue weighted by atomic mass is 10.1. The SMILES string of the molecule is CCN(CC)c1ccc(NC(=O)NCCOc2ccccc2F)c(C)c1. The van der Waals surface area contributed by atoms with Gasteiger partial charge in [-0.1, -0.05) is 12.1 Å². The van der Waals surface area contributed by atoms with Crippen molar-refractivity contribution in [3.05, 3.63) is 53.8 Å². The summed E-state index contributed by atoms with van der Waals surface area (Å²) in [5, 5.41) is 5.52. The van der Waals surface area contributed by atoms with Crippen LogP contribution in [0.3, 0.4) is 0 Å². The lowest BCUT2D eigenvalue weighted by molar-refractivity contribution is 0.246. The summed E-state index contributed by atoms with van der Waals surface area (Å²) >= 11 is 0. The molecule has 6 heteroatoms. The van der Waals surface area contributed by atoms with Crippen molar-refractivity contribution in [2.24, 2.45) is 0 Å². The standard InChI is InChI=1S/C20H26FN3O2/c1-4-24(5-2)16-10-11-18(15(3)14-16)23-20(25)22-12-13-26-19-9-7-6-8-17(19)21/h6-11,14H,4-5,12-13H2,1-3H3,(H2,22,23,25). The third-order valence-electron chi connectivity index (χ3n) is 4.07. The summed E-state index contributed by atoms with van der Waals surface area (Å²) in [6.45, 7) is 8.52. The Hall–Kier alpha value is -2.76. The minimum atomic E-state index is -0.416. The molecule has 0 radical (unpaired) electrons. The lowest BCUT2D eigenvalue weighted by Crippen LogP contribution is -2.32. The highest BCUT2D eigenvalue weighted by atomic mass is 19.1. The molecule has 0 bridgehead atoms. The number of benzene rings is 2. The van der Waals surface area contributed by atoms with E-state index in [9.17, 15) is 9.18 Å². The van der Waals surface area contributed by atoms with E-state index in [0.29, 0.717) is 0 Å². The zero-order valence-electron chi connectivity index (χ0n) is 15.5. The van der Waals surface area contributed by atoms with Crippen molar-refractivity contribution in [1.29, 1.82) is 0 Å². The number of ether oxygens (including phenoxy) is 1. The van der Waals surface area contributed by atoms with Gasteiger partial charge >= 0.3 is 6.03 Å². The Morgan fingerprint density at radius 1 is 1.15 bits per heavy atom. The van der Waals surface area contributed by atoms with Crippen LogP contribution in [0.1, 0.15) is 19.4 Å². The molecule has 26 heavy (non-hydrogen) atoms. The smallest absolute Gasteiger partial charge is 0.319 e. The van der Waals surface area contributed by atoms with E-state index in [4.69, 9.17) is 4.74 Å². The predicted molar refractivity (Wildman–Crippen MR) is 104 cm³/mol. The number of amides is 2. The predicted octanol–water partition coefficient (Wildman–Crippen LogP) is 4.18. The van der Waals surface area contributed by atoms with Gasteiger partial charge < -0.3 is 20.3 Å². The van der Waals surface area contributed by atoms with E-state index in [0.717, 1.165) is 30.0 Å². The zero-order valence-corrected chi connectivity index (χ0v) is 15.5. The highest BCUT2D eigenvalue weighted by Crippen LogP contribution is 2.22. The number of para-hydroxylation sites is 1. The molecule has 2 aromatic carbocycles. The second kappa shape index (κ2) is 9.65. The highest BCUT2D eigenvalue weighted by Gasteiger charge is 2.08. The molecule has 0 unspecified atom stereocenters. The second-order valence-electron chi connectivity index (χ2n) is 5.83. The molecule has 0 heterocycles. The van der Waals surface area contributed by atoms with Crippen molar-refractivity contribution in [2.75, 3.05) is 36.5 Å². The van der Waals surface area contributed by atoms with Crippen molar-refractivity contribution in [2.45, 2.75) is 20.8 Å². The Labute approximate surface area is 154 Å². The first-order chi connectivity index (χ1) is 12.5. The summed E-state index contributed by atoms with van der Waals surface area (Å²) in [4.78, 5) is 14.3. The number of hydrogen-bond donors (Lipinski definition) is 2. The van der Waals surface area contributed by atoms with Crippen molar-refractivity contribution < 1.29 is 13.9 Å². The van der Waals surface area contributed by atoms with Crippen LogP contribution in [0.25, 0.3) is 0 Å². The van der Waals surface area contributed by atoms with Gasteiger partial charge in [0.2, 0.25) is 0 Å². The van der Waals surface area contributed by atoms with Crippen molar-refractivity contribution in [3.63, 3.8) is 0 Å². The number of aryl methyl sites for hydroxylation is 1. The minimum Gasteiger partial charge on any atom is -0.489 e. The minimum absolute atomic E-state index is 0.178. The van der Waals surface area contributed by atoms with E-state index in [1.54, 1.807) is 18.2 Å². The Balaban J connectivity index is 1.81. The van der Waals surface area contributed by atoms with Gasteiger partial charge in [-0.25, -0.2) is 9.18 Å². The van der Waals surface area contributed by atoms with Crippen LogP contribution in [-0.2, 0) is 0 Å². The zero-order chi connectivity index (χ0) is 18.9. The Morgan fingerprint density at radius 2 is 1.88 bits per heavy atom. The van der Waals surface area contributed by atoms with Gasteiger partial charge in [0.05, 0.1) is 6.54 Å². The molecular weight excluding hydrogens is 333 g/mol. The van der Waals surface area contributed by atoms with Gasteiger partial charge in [0.15, 0.2) is 11.6 Å². The maximum atomic E-state index is 13.4. The third kappa shape index (κ3) is 5.37. The first kappa shape index (κ1) is 19.6. The molecule has 0 aliphatic carbocycles. The fraction of sp³-hybridized carbons (Fsp3) is 0.350. The molecule has 0 aliphatic heterocycles. The summed E-state index contributed by atoms with van der Waals surface area (Å²) in [6, 6.07) is 11.8. The van der Waals surface area contributed by atoms with E-state index in [1.165, 1.54) is 6.07 Å². The Morgan fingerprint density at radius 3 is 2.54 bits per heavy atom. The number of carbonyl (C=O) groups excluding carboxylic acids is 1. The van der Waals surface area contributed by atoms with E-state index < -0.39 is 5.82 Å². The van der Waals surface area contributed by atoms with Crippen LogP contribution in [0.15, 0.2) is 42.5 Å². The van der Waals surface area contributed by atoms with Gasteiger partial charge in [0, 0.05) is 24.5 Å². The normalized spacial score (nSPS) is 10.3. The largest absolute Gasteiger partial charge is 0.489 e. The van der Waals surface area contributed by atoms with E-state index in [-0.39, 0.29) is 24.9 Å². The number of rotatable bonds is 8. The third-order valence-corrected chi connectivity index (χ3v) is 4.07. The Bertz CT molecular complexity index is 733. The van der Waals surface area contributed by atoms with Crippen molar-refractivity contribution in [3.8, 4) is 5.75 Å². The molecule has 0 spiro atoms. The monoisotopic (exact) mass is 359 g/mol. The summed E-state index contributed by atoms with van der Waals surface area (Å²) in [5.41, 5.74) is 2.89. The van der Waals surface area contributed by atoms with Gasteiger partial charge in [0.1, 0.15) is 6.61 Å². The van der Waals surface area contributed by atoms with Gasteiger partial charge in [-0.05, 0) is 56.7 Å². The van der Waals surface area contributed by atoms with E-state index >= 15 is 0 Å². The fourth-order valence-corrected chi connectivity index (χ4v) is 2.63. The van der Waals surface area contributed by atoms with Crippen molar-refractivity contribution in [1.82, 2.24) is 5.32 Å². The molecule has 2 aromatic rings. The van der Waals surface area contributed by atoms with Gasteiger partial charge in [-0.15, -0.1) is 0 Å².